The van der Waals surface area contributed by atoms with Gasteiger partial charge in [-0.1, -0.05) is 18.3 Å². The summed E-state index contributed by atoms with van der Waals surface area (Å²) in [5.41, 5.74) is 6.88. The van der Waals surface area contributed by atoms with Crippen LogP contribution in [0.2, 0.25) is 0 Å². The number of aromatic nitrogens is 2. The molecular formula is C12H12FN3OS. The predicted molar refractivity (Wildman–Crippen MR) is 70.3 cm³/mol. The number of ether oxygens (including phenoxy) is 1. The van der Waals surface area contributed by atoms with Crippen molar-refractivity contribution in [1.82, 2.24) is 9.78 Å². The molecule has 0 spiro atoms. The Morgan fingerprint density at radius 1 is 1.50 bits per heavy atom. The van der Waals surface area contributed by atoms with E-state index in [2.05, 4.69) is 5.10 Å². The van der Waals surface area contributed by atoms with Gasteiger partial charge in [0, 0.05) is 13.1 Å². The minimum Gasteiger partial charge on any atom is -0.438 e. The number of nitrogens with two attached hydrogens (primary N) is 1. The zero-order valence-corrected chi connectivity index (χ0v) is 10.8. The summed E-state index contributed by atoms with van der Waals surface area (Å²) >= 11 is 4.96. The van der Waals surface area contributed by atoms with Crippen molar-refractivity contribution in [2.75, 3.05) is 0 Å². The quantitative estimate of drug-likeness (QED) is 0.865. The van der Waals surface area contributed by atoms with Crippen molar-refractivity contribution in [3.63, 3.8) is 0 Å². The van der Waals surface area contributed by atoms with Crippen molar-refractivity contribution in [2.24, 2.45) is 12.8 Å². The Morgan fingerprint density at radius 2 is 2.22 bits per heavy atom. The van der Waals surface area contributed by atoms with Crippen LogP contribution in [0.5, 0.6) is 11.6 Å². The number of hydrogen-bond donors (Lipinski definition) is 1. The van der Waals surface area contributed by atoms with Crippen molar-refractivity contribution in [3.05, 3.63) is 41.3 Å². The Kier molecular flexibility index (Phi) is 3.29. The number of benzene rings is 1. The van der Waals surface area contributed by atoms with Gasteiger partial charge >= 0.3 is 0 Å². The molecule has 4 nitrogen and oxygen atoms in total. The monoisotopic (exact) mass is 265 g/mol. The van der Waals surface area contributed by atoms with Gasteiger partial charge < -0.3 is 10.5 Å². The molecule has 6 heteroatoms. The second-order valence-electron chi connectivity index (χ2n) is 3.81. The second-order valence-corrected chi connectivity index (χ2v) is 4.25. The Bertz CT molecular complexity index is 609. The molecule has 0 aliphatic heterocycles. The molecule has 2 aromatic rings. The Labute approximate surface area is 109 Å². The molecule has 0 aliphatic carbocycles. The first-order chi connectivity index (χ1) is 8.49. The fourth-order valence-electron chi connectivity index (χ4n) is 1.68. The van der Waals surface area contributed by atoms with Crippen LogP contribution in [0.25, 0.3) is 0 Å². The van der Waals surface area contributed by atoms with Gasteiger partial charge in [-0.05, 0) is 19.1 Å². The summed E-state index contributed by atoms with van der Waals surface area (Å²) in [6.07, 6.45) is 0. The lowest BCUT2D eigenvalue weighted by Crippen LogP contribution is -2.11. The number of nitrogens with zero attached hydrogens (tertiary/aromatic N) is 2. The van der Waals surface area contributed by atoms with E-state index < -0.39 is 0 Å². The average molecular weight is 265 g/mol. The largest absolute Gasteiger partial charge is 0.438 e. The van der Waals surface area contributed by atoms with Crippen LogP contribution in [0.3, 0.4) is 0 Å². The molecule has 1 aromatic heterocycles. The summed E-state index contributed by atoms with van der Waals surface area (Å²) in [6, 6.07) is 5.84. The van der Waals surface area contributed by atoms with Gasteiger partial charge in [-0.2, -0.15) is 5.10 Å². The second kappa shape index (κ2) is 4.73. The summed E-state index contributed by atoms with van der Waals surface area (Å²) < 4.78 is 20.2. The molecule has 0 radical (unpaired) electrons. The zero-order valence-electron chi connectivity index (χ0n) is 9.98. The Morgan fingerprint density at radius 3 is 2.83 bits per heavy atom. The minimum atomic E-state index is -0.372. The maximum absolute atomic E-state index is 13.1. The van der Waals surface area contributed by atoms with Crippen LogP contribution < -0.4 is 10.5 Å². The first kappa shape index (κ1) is 12.5. The van der Waals surface area contributed by atoms with Crippen molar-refractivity contribution in [2.45, 2.75) is 6.92 Å². The molecule has 1 aromatic carbocycles. The minimum absolute atomic E-state index is 0.201. The number of halogens is 1. The van der Waals surface area contributed by atoms with E-state index in [9.17, 15) is 4.39 Å². The molecule has 2 rings (SSSR count). The smallest absolute Gasteiger partial charge is 0.228 e. The third-order valence-corrected chi connectivity index (χ3v) is 2.63. The number of rotatable bonds is 3. The Hall–Kier alpha value is -1.95. The number of hydrogen-bond acceptors (Lipinski definition) is 3. The van der Waals surface area contributed by atoms with E-state index in [-0.39, 0.29) is 10.8 Å². The fraction of sp³-hybridized carbons (Fsp3) is 0.167. The van der Waals surface area contributed by atoms with Gasteiger partial charge in [0.25, 0.3) is 0 Å². The van der Waals surface area contributed by atoms with E-state index in [1.165, 1.54) is 16.8 Å². The van der Waals surface area contributed by atoms with Crippen LogP contribution >= 0.6 is 12.2 Å². The first-order valence-corrected chi connectivity index (χ1v) is 5.66. The van der Waals surface area contributed by atoms with Gasteiger partial charge in [-0.15, -0.1) is 0 Å². The van der Waals surface area contributed by atoms with Crippen molar-refractivity contribution < 1.29 is 9.13 Å². The van der Waals surface area contributed by atoms with E-state index in [0.29, 0.717) is 22.9 Å². The first-order valence-electron chi connectivity index (χ1n) is 5.26. The summed E-state index contributed by atoms with van der Waals surface area (Å²) in [5.74, 6) is 0.407. The zero-order chi connectivity index (χ0) is 13.3. The standard InChI is InChI=1S/C12H12FN3OS/c1-7-10(11(14)18)12(16(2)15-7)17-9-5-3-4-8(13)6-9/h3-6H,1-2H3,(H2,14,18). The van der Waals surface area contributed by atoms with E-state index in [1.54, 1.807) is 26.1 Å². The van der Waals surface area contributed by atoms with Gasteiger partial charge in [0.1, 0.15) is 16.6 Å². The molecule has 0 bridgehead atoms. The van der Waals surface area contributed by atoms with Gasteiger partial charge in [0.15, 0.2) is 0 Å². The van der Waals surface area contributed by atoms with Gasteiger partial charge in [0.05, 0.1) is 11.3 Å². The van der Waals surface area contributed by atoms with Crippen LogP contribution in [0.1, 0.15) is 11.3 Å². The lowest BCUT2D eigenvalue weighted by Gasteiger charge is -2.07. The van der Waals surface area contributed by atoms with Crippen LogP contribution in [-0.4, -0.2) is 14.8 Å². The number of aryl methyl sites for hydroxylation is 2. The lowest BCUT2D eigenvalue weighted by molar-refractivity contribution is 0.426. The lowest BCUT2D eigenvalue weighted by atomic mass is 10.2. The van der Waals surface area contributed by atoms with Crippen LogP contribution in [0.4, 0.5) is 4.39 Å². The molecule has 0 aliphatic rings. The third-order valence-electron chi connectivity index (χ3n) is 2.43. The Balaban J connectivity index is 2.43. The average Bonchev–Trinajstić information content (AvgIpc) is 2.53. The van der Waals surface area contributed by atoms with Gasteiger partial charge in [0.2, 0.25) is 5.88 Å². The van der Waals surface area contributed by atoms with E-state index in [0.717, 1.165) is 0 Å². The van der Waals surface area contributed by atoms with E-state index in [1.807, 2.05) is 0 Å². The molecule has 2 N–H and O–H groups in total. The third kappa shape index (κ3) is 2.33. The van der Waals surface area contributed by atoms with E-state index >= 15 is 0 Å². The molecule has 18 heavy (non-hydrogen) atoms. The van der Waals surface area contributed by atoms with Crippen LogP contribution in [-0.2, 0) is 7.05 Å². The van der Waals surface area contributed by atoms with Crippen molar-refractivity contribution in [1.29, 1.82) is 0 Å². The highest BCUT2D eigenvalue weighted by molar-refractivity contribution is 7.80. The summed E-state index contributed by atoms with van der Waals surface area (Å²) in [7, 11) is 1.71. The van der Waals surface area contributed by atoms with Crippen LogP contribution in [0, 0.1) is 12.7 Å². The molecule has 0 saturated carbocycles. The van der Waals surface area contributed by atoms with Crippen molar-refractivity contribution >= 4 is 17.2 Å². The topological polar surface area (TPSA) is 53.1 Å². The molecule has 0 fully saturated rings. The van der Waals surface area contributed by atoms with Gasteiger partial charge in [-0.25, -0.2) is 9.07 Å². The molecule has 94 valence electrons. The predicted octanol–water partition coefficient (Wildman–Crippen LogP) is 2.29. The van der Waals surface area contributed by atoms with E-state index in [4.69, 9.17) is 22.7 Å². The number of thiocarbonyl (C=S) groups is 1. The molecule has 0 amide bonds. The molecule has 1 heterocycles. The summed E-state index contributed by atoms with van der Waals surface area (Å²) in [5, 5.41) is 4.18. The molecule has 0 atom stereocenters. The summed E-state index contributed by atoms with van der Waals surface area (Å²) in [6.45, 7) is 1.78. The highest BCUT2D eigenvalue weighted by atomic mass is 32.1. The van der Waals surface area contributed by atoms with Crippen LogP contribution in [0.15, 0.2) is 24.3 Å². The molecule has 0 saturated heterocycles. The molecular weight excluding hydrogens is 253 g/mol. The highest BCUT2D eigenvalue weighted by Gasteiger charge is 2.17. The van der Waals surface area contributed by atoms with Gasteiger partial charge in [-0.3, -0.25) is 0 Å². The fourth-order valence-corrected chi connectivity index (χ4v) is 1.91. The summed E-state index contributed by atoms with van der Waals surface area (Å²) in [4.78, 5) is 0.201. The normalized spacial score (nSPS) is 10.4. The molecule has 0 unspecified atom stereocenters. The SMILES string of the molecule is Cc1nn(C)c(Oc2cccc(F)c2)c1C(N)=S. The van der Waals surface area contributed by atoms with Crippen molar-refractivity contribution in [3.8, 4) is 11.6 Å². The highest BCUT2D eigenvalue weighted by Crippen LogP contribution is 2.27. The maximum atomic E-state index is 13.1. The maximum Gasteiger partial charge on any atom is 0.228 e.